The summed E-state index contributed by atoms with van der Waals surface area (Å²) in [5.41, 5.74) is 2.15. The van der Waals surface area contributed by atoms with Crippen LogP contribution in [0.25, 0.3) is 10.7 Å². The lowest BCUT2D eigenvalue weighted by Gasteiger charge is -2.19. The summed E-state index contributed by atoms with van der Waals surface area (Å²) in [4.78, 5) is 4.36. The number of pyridine rings is 1. The van der Waals surface area contributed by atoms with Gasteiger partial charge >= 0.3 is 0 Å². The molecule has 0 aliphatic heterocycles. The van der Waals surface area contributed by atoms with E-state index in [0.717, 1.165) is 27.8 Å². The quantitative estimate of drug-likeness (QED) is 0.924. The fourth-order valence-electron chi connectivity index (χ4n) is 1.47. The predicted molar refractivity (Wildman–Crippen MR) is 74.5 cm³/mol. The summed E-state index contributed by atoms with van der Waals surface area (Å²) in [6.45, 7) is 9.19. The Kier molecular flexibility index (Phi) is 3.73. The van der Waals surface area contributed by atoms with Crippen LogP contribution in [-0.2, 0) is 6.54 Å². The average Bonchev–Trinajstić information content (AvgIpc) is 2.75. The molecule has 0 saturated heterocycles. The largest absolute Gasteiger partial charge is 0.306 e. The second-order valence-electron chi connectivity index (χ2n) is 5.27. The number of hydrogen-bond acceptors (Lipinski definition) is 5. The normalized spacial score (nSPS) is 11.8. The number of nitrogens with zero attached hydrogens (tertiary/aromatic N) is 3. The molecule has 0 aliphatic carbocycles. The molecule has 0 atom stereocenters. The summed E-state index contributed by atoms with van der Waals surface area (Å²) in [7, 11) is 0. The molecule has 0 unspecified atom stereocenters. The molecule has 96 valence electrons. The van der Waals surface area contributed by atoms with E-state index >= 15 is 0 Å². The number of nitrogens with one attached hydrogen (secondary N) is 1. The first kappa shape index (κ1) is 13.1. The van der Waals surface area contributed by atoms with Crippen LogP contribution in [0.5, 0.6) is 0 Å². The minimum Gasteiger partial charge on any atom is -0.306 e. The Morgan fingerprint density at radius 3 is 2.72 bits per heavy atom. The molecular weight excluding hydrogens is 244 g/mol. The molecule has 0 saturated carbocycles. The second kappa shape index (κ2) is 5.12. The number of hydrogen-bond donors (Lipinski definition) is 1. The minimum atomic E-state index is 0.0900. The lowest BCUT2D eigenvalue weighted by molar-refractivity contribution is 0.423. The molecule has 5 heteroatoms. The first-order chi connectivity index (χ1) is 8.46. The zero-order valence-corrected chi connectivity index (χ0v) is 12.0. The molecule has 4 nitrogen and oxygen atoms in total. The van der Waals surface area contributed by atoms with Gasteiger partial charge in [-0.15, -0.1) is 10.2 Å². The Balaban J connectivity index is 2.14. The molecule has 2 heterocycles. The Bertz CT molecular complexity index is 528. The van der Waals surface area contributed by atoms with Gasteiger partial charge in [-0.25, -0.2) is 0 Å². The third-order valence-electron chi connectivity index (χ3n) is 2.45. The number of aromatic nitrogens is 3. The van der Waals surface area contributed by atoms with Crippen LogP contribution in [-0.4, -0.2) is 20.7 Å². The van der Waals surface area contributed by atoms with Crippen LogP contribution in [0, 0.1) is 6.92 Å². The van der Waals surface area contributed by atoms with Crippen molar-refractivity contribution in [1.82, 2.24) is 20.5 Å². The molecule has 2 aromatic heterocycles. The fourth-order valence-corrected chi connectivity index (χ4v) is 2.31. The summed E-state index contributed by atoms with van der Waals surface area (Å²) in [5, 5.41) is 13.7. The van der Waals surface area contributed by atoms with E-state index in [1.807, 2.05) is 19.1 Å². The molecular formula is C13H18N4S. The summed E-state index contributed by atoms with van der Waals surface area (Å²) in [6, 6.07) is 3.97. The maximum Gasteiger partial charge on any atom is 0.166 e. The van der Waals surface area contributed by atoms with E-state index in [1.54, 1.807) is 17.5 Å². The van der Waals surface area contributed by atoms with Gasteiger partial charge in [0.25, 0.3) is 0 Å². The monoisotopic (exact) mass is 262 g/mol. The maximum absolute atomic E-state index is 4.36. The Morgan fingerprint density at radius 1 is 1.28 bits per heavy atom. The van der Waals surface area contributed by atoms with E-state index in [0.29, 0.717) is 0 Å². The molecule has 1 N–H and O–H groups in total. The van der Waals surface area contributed by atoms with Crippen molar-refractivity contribution in [3.05, 3.63) is 28.9 Å². The summed E-state index contributed by atoms with van der Waals surface area (Å²) in [5.74, 6) is 0. The van der Waals surface area contributed by atoms with E-state index < -0.39 is 0 Å². The van der Waals surface area contributed by atoms with E-state index in [1.165, 1.54) is 0 Å². The van der Waals surface area contributed by atoms with Crippen molar-refractivity contribution in [2.45, 2.75) is 39.8 Å². The topological polar surface area (TPSA) is 50.7 Å². The molecule has 2 rings (SSSR count). The zero-order chi connectivity index (χ0) is 13.2. The SMILES string of the molecule is Cc1cccnc1-c1nnc(CNC(C)(C)C)s1. The predicted octanol–water partition coefficient (Wildman–Crippen LogP) is 2.80. The maximum atomic E-state index is 4.36. The molecule has 18 heavy (non-hydrogen) atoms. The molecule has 0 bridgehead atoms. The lowest BCUT2D eigenvalue weighted by atomic mass is 10.1. The van der Waals surface area contributed by atoms with Crippen LogP contribution in [0.1, 0.15) is 31.3 Å². The first-order valence-electron chi connectivity index (χ1n) is 5.95. The van der Waals surface area contributed by atoms with Crippen molar-refractivity contribution < 1.29 is 0 Å². The van der Waals surface area contributed by atoms with Gasteiger partial charge in [-0.2, -0.15) is 0 Å². The van der Waals surface area contributed by atoms with Crippen LogP contribution in [0.2, 0.25) is 0 Å². The van der Waals surface area contributed by atoms with Crippen molar-refractivity contribution in [2.24, 2.45) is 0 Å². The molecule has 2 aromatic rings. The van der Waals surface area contributed by atoms with E-state index in [4.69, 9.17) is 0 Å². The molecule has 0 aromatic carbocycles. The van der Waals surface area contributed by atoms with Gasteiger partial charge in [0.2, 0.25) is 0 Å². The molecule has 0 radical (unpaired) electrons. The highest BCUT2D eigenvalue weighted by atomic mass is 32.1. The highest BCUT2D eigenvalue weighted by molar-refractivity contribution is 7.14. The Morgan fingerprint density at radius 2 is 2.06 bits per heavy atom. The first-order valence-corrected chi connectivity index (χ1v) is 6.77. The summed E-state index contributed by atoms with van der Waals surface area (Å²) < 4.78 is 0. The minimum absolute atomic E-state index is 0.0900. The molecule has 0 fully saturated rings. The van der Waals surface area contributed by atoms with Gasteiger partial charge in [0.05, 0.1) is 6.54 Å². The smallest absolute Gasteiger partial charge is 0.166 e. The Hall–Kier alpha value is -1.33. The van der Waals surface area contributed by atoms with Crippen molar-refractivity contribution >= 4 is 11.3 Å². The number of aryl methyl sites for hydroxylation is 1. The molecule has 0 aliphatic rings. The van der Waals surface area contributed by atoms with Gasteiger partial charge < -0.3 is 5.32 Å². The van der Waals surface area contributed by atoms with Crippen molar-refractivity contribution in [3.63, 3.8) is 0 Å². The van der Waals surface area contributed by atoms with Crippen LogP contribution in [0.3, 0.4) is 0 Å². The van der Waals surface area contributed by atoms with Crippen LogP contribution < -0.4 is 5.32 Å². The highest BCUT2D eigenvalue weighted by Crippen LogP contribution is 2.24. The molecule has 0 amide bonds. The highest BCUT2D eigenvalue weighted by Gasteiger charge is 2.13. The standard InChI is InChI=1S/C13H18N4S/c1-9-6-5-7-14-11(9)12-17-16-10(18-12)8-15-13(2,3)4/h5-7,15H,8H2,1-4H3. The van der Waals surface area contributed by atoms with Gasteiger partial charge in [0.1, 0.15) is 10.7 Å². The third kappa shape index (κ3) is 3.34. The van der Waals surface area contributed by atoms with Gasteiger partial charge in [-0.3, -0.25) is 4.98 Å². The molecule has 0 spiro atoms. The van der Waals surface area contributed by atoms with E-state index in [-0.39, 0.29) is 5.54 Å². The van der Waals surface area contributed by atoms with Crippen LogP contribution >= 0.6 is 11.3 Å². The van der Waals surface area contributed by atoms with Crippen molar-refractivity contribution in [1.29, 1.82) is 0 Å². The Labute approximate surface area is 111 Å². The lowest BCUT2D eigenvalue weighted by Crippen LogP contribution is -2.35. The summed E-state index contributed by atoms with van der Waals surface area (Å²) >= 11 is 1.59. The van der Waals surface area contributed by atoms with E-state index in [2.05, 4.69) is 41.3 Å². The van der Waals surface area contributed by atoms with Gasteiger partial charge in [0.15, 0.2) is 5.01 Å². The second-order valence-corrected chi connectivity index (χ2v) is 6.34. The van der Waals surface area contributed by atoms with Gasteiger partial charge in [-0.05, 0) is 39.3 Å². The van der Waals surface area contributed by atoms with Gasteiger partial charge in [-0.1, -0.05) is 17.4 Å². The third-order valence-corrected chi connectivity index (χ3v) is 3.38. The summed E-state index contributed by atoms with van der Waals surface area (Å²) in [6.07, 6.45) is 1.79. The number of rotatable bonds is 3. The van der Waals surface area contributed by atoms with Gasteiger partial charge in [0, 0.05) is 11.7 Å². The van der Waals surface area contributed by atoms with Crippen LogP contribution in [0.4, 0.5) is 0 Å². The van der Waals surface area contributed by atoms with Crippen molar-refractivity contribution in [2.75, 3.05) is 0 Å². The zero-order valence-electron chi connectivity index (χ0n) is 11.2. The fraction of sp³-hybridized carbons (Fsp3) is 0.462. The average molecular weight is 262 g/mol. The van der Waals surface area contributed by atoms with Crippen LogP contribution in [0.15, 0.2) is 18.3 Å². The van der Waals surface area contributed by atoms with Crippen molar-refractivity contribution in [3.8, 4) is 10.7 Å². The van der Waals surface area contributed by atoms with E-state index in [9.17, 15) is 0 Å².